The summed E-state index contributed by atoms with van der Waals surface area (Å²) in [5.41, 5.74) is 6.68. The number of hydrogen-bond acceptors (Lipinski definition) is 2. The summed E-state index contributed by atoms with van der Waals surface area (Å²) >= 11 is 5.91. The van der Waals surface area contributed by atoms with E-state index in [1.807, 2.05) is 12.1 Å². The monoisotopic (exact) mass is 302 g/mol. The third-order valence-corrected chi connectivity index (χ3v) is 3.25. The molecule has 0 aliphatic carbocycles. The van der Waals surface area contributed by atoms with Gasteiger partial charge in [0.2, 0.25) is 5.91 Å². The minimum Gasteiger partial charge on any atom is -0.368 e. The van der Waals surface area contributed by atoms with Gasteiger partial charge < -0.3 is 11.1 Å². The van der Waals surface area contributed by atoms with Crippen molar-refractivity contribution < 1.29 is 9.59 Å². The molecule has 0 spiro atoms. The molecule has 0 radical (unpaired) electrons. The highest BCUT2D eigenvalue weighted by Gasteiger charge is 2.19. The second-order valence-corrected chi connectivity index (χ2v) is 5.06. The van der Waals surface area contributed by atoms with Gasteiger partial charge in [-0.15, -0.1) is 0 Å². The van der Waals surface area contributed by atoms with Gasteiger partial charge in [0.15, 0.2) is 0 Å². The highest BCUT2D eigenvalue weighted by Crippen LogP contribution is 2.12. The van der Waals surface area contributed by atoms with Gasteiger partial charge in [0.1, 0.15) is 6.04 Å². The van der Waals surface area contributed by atoms with Crippen molar-refractivity contribution in [3.8, 4) is 0 Å². The molecule has 0 heterocycles. The highest BCUT2D eigenvalue weighted by atomic mass is 35.5. The lowest BCUT2D eigenvalue weighted by atomic mass is 10.0. The van der Waals surface area contributed by atoms with E-state index in [0.29, 0.717) is 17.0 Å². The van der Waals surface area contributed by atoms with Crippen molar-refractivity contribution in [2.75, 3.05) is 0 Å². The first-order chi connectivity index (χ1) is 10.1. The molecule has 0 bridgehead atoms. The third-order valence-electron chi connectivity index (χ3n) is 3.01. The van der Waals surface area contributed by atoms with Crippen molar-refractivity contribution in [2.45, 2.75) is 12.5 Å². The SMILES string of the molecule is NC(=O)[C@H](Cc1cccc(Cl)c1)NC(=O)c1ccccc1. The molecule has 5 heteroatoms. The maximum Gasteiger partial charge on any atom is 0.251 e. The smallest absolute Gasteiger partial charge is 0.251 e. The van der Waals surface area contributed by atoms with Crippen LogP contribution in [0.3, 0.4) is 0 Å². The van der Waals surface area contributed by atoms with Crippen LogP contribution in [-0.2, 0) is 11.2 Å². The van der Waals surface area contributed by atoms with E-state index < -0.39 is 11.9 Å². The third kappa shape index (κ3) is 4.33. The fourth-order valence-corrected chi connectivity index (χ4v) is 2.17. The minimum atomic E-state index is -0.781. The summed E-state index contributed by atoms with van der Waals surface area (Å²) in [5, 5.41) is 3.22. The maximum atomic E-state index is 12.1. The number of nitrogens with two attached hydrogens (primary N) is 1. The van der Waals surface area contributed by atoms with E-state index >= 15 is 0 Å². The summed E-state index contributed by atoms with van der Waals surface area (Å²) in [6, 6.07) is 15.0. The first kappa shape index (κ1) is 15.1. The Bertz CT molecular complexity index is 644. The van der Waals surface area contributed by atoms with Gasteiger partial charge in [0.05, 0.1) is 0 Å². The van der Waals surface area contributed by atoms with E-state index in [1.54, 1.807) is 42.5 Å². The summed E-state index contributed by atoms with van der Waals surface area (Å²) in [4.78, 5) is 23.6. The number of nitrogens with one attached hydrogen (secondary N) is 1. The second kappa shape index (κ2) is 6.90. The number of carbonyl (C=O) groups excluding carboxylic acids is 2. The average molecular weight is 303 g/mol. The van der Waals surface area contributed by atoms with E-state index in [4.69, 9.17) is 17.3 Å². The molecule has 1 atom stereocenters. The first-order valence-electron chi connectivity index (χ1n) is 6.46. The molecule has 2 aromatic rings. The molecule has 0 fully saturated rings. The molecule has 0 aliphatic rings. The topological polar surface area (TPSA) is 72.2 Å². The number of rotatable bonds is 5. The molecule has 0 saturated carbocycles. The standard InChI is InChI=1S/C16H15ClN2O2/c17-13-8-4-5-11(9-13)10-14(15(18)20)19-16(21)12-6-2-1-3-7-12/h1-9,14H,10H2,(H2,18,20)(H,19,21)/t14-/m0/s1. The zero-order valence-corrected chi connectivity index (χ0v) is 12.0. The predicted molar refractivity (Wildman–Crippen MR) is 82.0 cm³/mol. The summed E-state index contributed by atoms with van der Waals surface area (Å²) in [6.45, 7) is 0. The lowest BCUT2D eigenvalue weighted by Gasteiger charge is -2.15. The Hall–Kier alpha value is -2.33. The number of amides is 2. The molecule has 0 aliphatic heterocycles. The zero-order chi connectivity index (χ0) is 15.2. The zero-order valence-electron chi connectivity index (χ0n) is 11.3. The Labute approximate surface area is 127 Å². The Morgan fingerprint density at radius 2 is 1.81 bits per heavy atom. The van der Waals surface area contributed by atoms with Crippen molar-refractivity contribution in [1.82, 2.24) is 5.32 Å². The van der Waals surface area contributed by atoms with E-state index in [0.717, 1.165) is 5.56 Å². The van der Waals surface area contributed by atoms with E-state index in [2.05, 4.69) is 5.32 Å². The Balaban J connectivity index is 2.09. The van der Waals surface area contributed by atoms with Gasteiger partial charge in [-0.1, -0.05) is 41.9 Å². The van der Waals surface area contributed by atoms with Crippen molar-refractivity contribution in [3.05, 3.63) is 70.7 Å². The summed E-state index contributed by atoms with van der Waals surface area (Å²) in [5.74, 6) is -0.916. The highest BCUT2D eigenvalue weighted by molar-refractivity contribution is 6.30. The fourth-order valence-electron chi connectivity index (χ4n) is 1.95. The predicted octanol–water partition coefficient (Wildman–Crippen LogP) is 2.17. The van der Waals surface area contributed by atoms with Crippen LogP contribution in [0.4, 0.5) is 0 Å². The van der Waals surface area contributed by atoms with Crippen LogP contribution >= 0.6 is 11.6 Å². The van der Waals surface area contributed by atoms with Crippen molar-refractivity contribution in [3.63, 3.8) is 0 Å². The first-order valence-corrected chi connectivity index (χ1v) is 6.84. The van der Waals surface area contributed by atoms with E-state index in [-0.39, 0.29) is 5.91 Å². The number of primary amides is 1. The van der Waals surface area contributed by atoms with Gasteiger partial charge in [-0.2, -0.15) is 0 Å². The Kier molecular flexibility index (Phi) is 4.95. The summed E-state index contributed by atoms with van der Waals surface area (Å²) < 4.78 is 0. The second-order valence-electron chi connectivity index (χ2n) is 4.63. The lowest BCUT2D eigenvalue weighted by molar-refractivity contribution is -0.119. The molecular weight excluding hydrogens is 288 g/mol. The van der Waals surface area contributed by atoms with E-state index in [1.165, 1.54) is 0 Å². The van der Waals surface area contributed by atoms with Crippen LogP contribution in [0.25, 0.3) is 0 Å². The summed E-state index contributed by atoms with van der Waals surface area (Å²) in [6.07, 6.45) is 0.300. The van der Waals surface area contributed by atoms with Crippen LogP contribution in [0, 0.1) is 0 Å². The molecule has 3 N–H and O–H groups in total. The van der Waals surface area contributed by atoms with Crippen LogP contribution in [-0.4, -0.2) is 17.9 Å². The molecular formula is C16H15ClN2O2. The van der Waals surface area contributed by atoms with Gasteiger partial charge in [-0.05, 0) is 29.8 Å². The fraction of sp³-hybridized carbons (Fsp3) is 0.125. The van der Waals surface area contributed by atoms with Crippen LogP contribution < -0.4 is 11.1 Å². The molecule has 21 heavy (non-hydrogen) atoms. The summed E-state index contributed by atoms with van der Waals surface area (Å²) in [7, 11) is 0. The van der Waals surface area contributed by atoms with Gasteiger partial charge in [0, 0.05) is 17.0 Å². The number of carbonyl (C=O) groups is 2. The van der Waals surface area contributed by atoms with Crippen LogP contribution in [0.15, 0.2) is 54.6 Å². The minimum absolute atomic E-state index is 0.300. The normalized spacial score (nSPS) is 11.7. The van der Waals surface area contributed by atoms with Crippen LogP contribution in [0.1, 0.15) is 15.9 Å². The molecule has 0 aromatic heterocycles. The molecule has 108 valence electrons. The van der Waals surface area contributed by atoms with E-state index in [9.17, 15) is 9.59 Å². The largest absolute Gasteiger partial charge is 0.368 e. The lowest BCUT2D eigenvalue weighted by Crippen LogP contribution is -2.45. The van der Waals surface area contributed by atoms with Crippen molar-refractivity contribution >= 4 is 23.4 Å². The molecule has 2 aromatic carbocycles. The molecule has 0 saturated heterocycles. The van der Waals surface area contributed by atoms with Crippen LogP contribution in [0.2, 0.25) is 5.02 Å². The van der Waals surface area contributed by atoms with Gasteiger partial charge in [0.25, 0.3) is 5.91 Å². The average Bonchev–Trinajstić information content (AvgIpc) is 2.47. The molecule has 2 amide bonds. The maximum absolute atomic E-state index is 12.1. The number of benzene rings is 2. The van der Waals surface area contributed by atoms with Gasteiger partial charge >= 0.3 is 0 Å². The number of halogens is 1. The molecule has 4 nitrogen and oxygen atoms in total. The number of hydrogen-bond donors (Lipinski definition) is 2. The molecule has 2 rings (SSSR count). The van der Waals surface area contributed by atoms with Crippen molar-refractivity contribution in [1.29, 1.82) is 0 Å². The van der Waals surface area contributed by atoms with Gasteiger partial charge in [-0.3, -0.25) is 9.59 Å². The molecule has 0 unspecified atom stereocenters. The quantitative estimate of drug-likeness (QED) is 0.888. The van der Waals surface area contributed by atoms with Gasteiger partial charge in [-0.25, -0.2) is 0 Å². The van der Waals surface area contributed by atoms with Crippen molar-refractivity contribution in [2.24, 2.45) is 5.73 Å². The Morgan fingerprint density at radius 1 is 1.10 bits per heavy atom. The van der Waals surface area contributed by atoms with Crippen LogP contribution in [0.5, 0.6) is 0 Å². The Morgan fingerprint density at radius 3 is 2.43 bits per heavy atom.